The van der Waals surface area contributed by atoms with Gasteiger partial charge in [-0.15, -0.1) is 0 Å². The van der Waals surface area contributed by atoms with E-state index < -0.39 is 6.04 Å². The molecule has 1 aromatic rings. The maximum absolute atomic E-state index is 12.1. The van der Waals surface area contributed by atoms with Gasteiger partial charge in [0.25, 0.3) is 0 Å². The number of primary amides is 1. The van der Waals surface area contributed by atoms with Crippen molar-refractivity contribution in [2.24, 2.45) is 17.6 Å². The number of amides is 2. The molecule has 1 saturated heterocycles. The Morgan fingerprint density at radius 1 is 1.26 bits per heavy atom. The normalized spacial score (nSPS) is 22.9. The van der Waals surface area contributed by atoms with Gasteiger partial charge >= 0.3 is 0 Å². The van der Waals surface area contributed by atoms with E-state index in [9.17, 15) is 9.59 Å². The lowest BCUT2D eigenvalue weighted by Gasteiger charge is -2.39. The van der Waals surface area contributed by atoms with Crippen LogP contribution in [-0.2, 0) is 9.59 Å². The van der Waals surface area contributed by atoms with Crippen LogP contribution in [0.3, 0.4) is 0 Å². The Balaban J connectivity index is 2.02. The summed E-state index contributed by atoms with van der Waals surface area (Å²) in [5.41, 5.74) is 6.46. The number of likely N-dealkylation sites (tertiary alicyclic amines) is 1. The second-order valence-electron chi connectivity index (χ2n) is 6.72. The molecule has 1 aliphatic heterocycles. The fourth-order valence-corrected chi connectivity index (χ4v) is 3.16. The van der Waals surface area contributed by atoms with Crippen molar-refractivity contribution in [1.29, 1.82) is 0 Å². The molecule has 1 fully saturated rings. The largest absolute Gasteiger partial charge is 0.368 e. The van der Waals surface area contributed by atoms with E-state index in [1.54, 1.807) is 0 Å². The van der Waals surface area contributed by atoms with Gasteiger partial charge in [-0.05, 0) is 17.9 Å². The smallest absolute Gasteiger partial charge is 0.239 e. The molecular formula is C18H27N3O2. The van der Waals surface area contributed by atoms with Gasteiger partial charge in [0.1, 0.15) is 6.04 Å². The van der Waals surface area contributed by atoms with Crippen molar-refractivity contribution in [2.45, 2.75) is 39.3 Å². The van der Waals surface area contributed by atoms with Crippen LogP contribution >= 0.6 is 0 Å². The van der Waals surface area contributed by atoms with Crippen molar-refractivity contribution in [3.63, 3.8) is 0 Å². The molecule has 1 aliphatic rings. The Bertz CT molecular complexity index is 544. The van der Waals surface area contributed by atoms with Gasteiger partial charge in [-0.2, -0.15) is 0 Å². The lowest BCUT2D eigenvalue weighted by Crippen LogP contribution is -2.53. The number of hydrogen-bond donors (Lipinski definition) is 2. The molecular weight excluding hydrogens is 290 g/mol. The second kappa shape index (κ2) is 7.59. The highest BCUT2D eigenvalue weighted by Gasteiger charge is 2.32. The van der Waals surface area contributed by atoms with Crippen molar-refractivity contribution < 1.29 is 9.59 Å². The van der Waals surface area contributed by atoms with Gasteiger partial charge in [-0.1, -0.05) is 51.1 Å². The zero-order valence-electron chi connectivity index (χ0n) is 14.2. The van der Waals surface area contributed by atoms with Gasteiger partial charge in [0.05, 0.1) is 0 Å². The van der Waals surface area contributed by atoms with Crippen LogP contribution < -0.4 is 11.1 Å². The quantitative estimate of drug-likeness (QED) is 0.868. The monoisotopic (exact) mass is 317 g/mol. The molecule has 23 heavy (non-hydrogen) atoms. The molecule has 0 aromatic heterocycles. The summed E-state index contributed by atoms with van der Waals surface area (Å²) in [6.45, 7) is 7.40. The van der Waals surface area contributed by atoms with Crippen LogP contribution in [0.5, 0.6) is 0 Å². The predicted octanol–water partition coefficient (Wildman–Crippen LogP) is 1.70. The average Bonchev–Trinajstić information content (AvgIpc) is 2.53. The third-order valence-corrected chi connectivity index (χ3v) is 4.51. The van der Waals surface area contributed by atoms with E-state index in [-0.39, 0.29) is 29.7 Å². The maximum Gasteiger partial charge on any atom is 0.239 e. The van der Waals surface area contributed by atoms with Crippen LogP contribution in [0.1, 0.15) is 38.8 Å². The van der Waals surface area contributed by atoms with E-state index in [0.717, 1.165) is 25.1 Å². The molecule has 5 heteroatoms. The van der Waals surface area contributed by atoms with Crippen LogP contribution in [0, 0.1) is 11.8 Å². The fraction of sp³-hybridized carbons (Fsp3) is 0.556. The number of nitrogens with one attached hydrogen (secondary N) is 1. The molecule has 3 N–H and O–H groups in total. The van der Waals surface area contributed by atoms with Crippen LogP contribution in [0.4, 0.5) is 0 Å². The summed E-state index contributed by atoms with van der Waals surface area (Å²) < 4.78 is 0. The highest BCUT2D eigenvalue weighted by atomic mass is 16.2. The molecule has 0 unspecified atom stereocenters. The summed E-state index contributed by atoms with van der Waals surface area (Å²) in [6, 6.07) is 9.22. The molecule has 2 rings (SSSR count). The molecule has 0 bridgehead atoms. The molecule has 126 valence electrons. The van der Waals surface area contributed by atoms with Gasteiger partial charge in [0.2, 0.25) is 11.8 Å². The van der Waals surface area contributed by atoms with E-state index in [1.165, 1.54) is 0 Å². The van der Waals surface area contributed by atoms with Crippen LogP contribution in [0.2, 0.25) is 0 Å². The zero-order chi connectivity index (χ0) is 17.0. The predicted molar refractivity (Wildman–Crippen MR) is 90.5 cm³/mol. The third kappa shape index (κ3) is 4.32. The first-order valence-corrected chi connectivity index (χ1v) is 8.29. The lowest BCUT2D eigenvalue weighted by atomic mass is 9.91. The first kappa shape index (κ1) is 17.5. The summed E-state index contributed by atoms with van der Waals surface area (Å²) in [7, 11) is 0. The first-order valence-electron chi connectivity index (χ1n) is 8.29. The van der Waals surface area contributed by atoms with Crippen LogP contribution in [0.25, 0.3) is 0 Å². The number of hydrogen-bond acceptors (Lipinski definition) is 3. The number of carbonyl (C=O) groups is 2. The van der Waals surface area contributed by atoms with Gasteiger partial charge < -0.3 is 10.6 Å². The second-order valence-corrected chi connectivity index (χ2v) is 6.72. The molecule has 0 spiro atoms. The topological polar surface area (TPSA) is 75.4 Å². The summed E-state index contributed by atoms with van der Waals surface area (Å²) in [4.78, 5) is 25.9. The first-order chi connectivity index (χ1) is 10.9. The molecule has 0 radical (unpaired) electrons. The Morgan fingerprint density at radius 3 is 2.43 bits per heavy atom. The molecule has 0 saturated carbocycles. The number of piperidine rings is 1. The molecule has 2 amide bonds. The fourth-order valence-electron chi connectivity index (χ4n) is 3.16. The number of benzene rings is 1. The number of rotatable bonds is 5. The summed E-state index contributed by atoms with van der Waals surface area (Å²) in [6.07, 6.45) is 0.830. The van der Waals surface area contributed by atoms with E-state index in [2.05, 4.69) is 12.2 Å². The third-order valence-electron chi connectivity index (χ3n) is 4.51. The highest BCUT2D eigenvalue weighted by molar-refractivity contribution is 5.81. The number of nitrogens with zero attached hydrogens (tertiary/aromatic N) is 1. The molecule has 0 aliphatic carbocycles. The summed E-state index contributed by atoms with van der Waals surface area (Å²) >= 11 is 0. The van der Waals surface area contributed by atoms with Gasteiger partial charge in [0, 0.05) is 25.0 Å². The van der Waals surface area contributed by atoms with E-state index in [0.29, 0.717) is 0 Å². The standard InChI is InChI=1S/C18H27N3O2/c1-12(2)18(23)21-10-9-15(13(3)11-21)20-16(17(19)22)14-7-5-4-6-8-14/h4-8,12-13,15-16,20H,9-11H2,1-3H3,(H2,19,22)/t13-,15-,16-/m0/s1. The minimum Gasteiger partial charge on any atom is -0.368 e. The lowest BCUT2D eigenvalue weighted by molar-refractivity contribution is -0.136. The van der Waals surface area contributed by atoms with Gasteiger partial charge in [0.15, 0.2) is 0 Å². The SMILES string of the molecule is CC(C)C(=O)N1CC[C@H](N[C@H](C(N)=O)c2ccccc2)[C@@H](C)C1. The Labute approximate surface area is 138 Å². The van der Waals surface area contributed by atoms with Gasteiger partial charge in [-0.3, -0.25) is 14.9 Å². The van der Waals surface area contributed by atoms with Gasteiger partial charge in [-0.25, -0.2) is 0 Å². The summed E-state index contributed by atoms with van der Waals surface area (Å²) in [5.74, 6) is 0.125. The summed E-state index contributed by atoms with van der Waals surface area (Å²) in [5, 5.41) is 3.40. The zero-order valence-corrected chi connectivity index (χ0v) is 14.2. The van der Waals surface area contributed by atoms with Crippen molar-refractivity contribution in [3.8, 4) is 0 Å². The molecule has 5 nitrogen and oxygen atoms in total. The number of carbonyl (C=O) groups excluding carboxylic acids is 2. The molecule has 3 atom stereocenters. The minimum absolute atomic E-state index is 0.0226. The molecule has 1 aromatic carbocycles. The van der Waals surface area contributed by atoms with Crippen molar-refractivity contribution in [3.05, 3.63) is 35.9 Å². The maximum atomic E-state index is 12.1. The number of nitrogens with two attached hydrogens (primary N) is 1. The van der Waals surface area contributed by atoms with Crippen molar-refractivity contribution >= 4 is 11.8 Å². The Morgan fingerprint density at radius 2 is 1.91 bits per heavy atom. The van der Waals surface area contributed by atoms with Crippen LogP contribution in [0.15, 0.2) is 30.3 Å². The highest BCUT2D eigenvalue weighted by Crippen LogP contribution is 2.22. The van der Waals surface area contributed by atoms with E-state index in [4.69, 9.17) is 5.73 Å². The average molecular weight is 317 g/mol. The van der Waals surface area contributed by atoms with Crippen molar-refractivity contribution in [2.75, 3.05) is 13.1 Å². The molecule has 1 heterocycles. The minimum atomic E-state index is -0.490. The Kier molecular flexibility index (Phi) is 5.77. The van der Waals surface area contributed by atoms with Crippen LogP contribution in [-0.4, -0.2) is 35.8 Å². The Hall–Kier alpha value is -1.88. The van der Waals surface area contributed by atoms with E-state index in [1.807, 2.05) is 49.1 Å². The van der Waals surface area contributed by atoms with Crippen molar-refractivity contribution in [1.82, 2.24) is 10.2 Å². The van der Waals surface area contributed by atoms with E-state index >= 15 is 0 Å².